The van der Waals surface area contributed by atoms with E-state index < -0.39 is 0 Å². The van der Waals surface area contributed by atoms with Crippen molar-refractivity contribution in [2.45, 2.75) is 60.3 Å². The summed E-state index contributed by atoms with van der Waals surface area (Å²) in [5.41, 5.74) is 0. The largest absolute Gasteiger partial charge is 0.359 e. The van der Waals surface area contributed by atoms with E-state index in [1.807, 2.05) is 13.8 Å². The van der Waals surface area contributed by atoms with Gasteiger partial charge in [0, 0.05) is 16.3 Å². The van der Waals surface area contributed by atoms with Crippen LogP contribution in [0.25, 0.3) is 0 Å². The first-order valence-electron chi connectivity index (χ1n) is 5.43. The molecule has 0 atom stereocenters. The molecule has 0 aromatic heterocycles. The number of nitrogens with one attached hydrogen (secondary N) is 1. The fourth-order valence-electron chi connectivity index (χ4n) is 0.462. The van der Waals surface area contributed by atoms with Gasteiger partial charge in [0.1, 0.15) is 0 Å². The Labute approximate surface area is 93.2 Å². The van der Waals surface area contributed by atoms with Crippen molar-refractivity contribution in [1.29, 1.82) is 0 Å². The van der Waals surface area contributed by atoms with E-state index in [2.05, 4.69) is 26.1 Å². The molecule has 0 aliphatic heterocycles. The fraction of sp³-hybridized carbons (Fsp3) is 0.909. The van der Waals surface area contributed by atoms with Crippen molar-refractivity contribution in [3.8, 4) is 0 Å². The number of carbonyl (C=O) groups is 1. The van der Waals surface area contributed by atoms with E-state index in [1.165, 1.54) is 6.42 Å². The molecule has 0 saturated carbocycles. The number of hydrogen-bond acceptors (Lipinski definition) is 2. The van der Waals surface area contributed by atoms with E-state index in [4.69, 9.17) is 0 Å². The Kier molecular flexibility index (Phi) is 49.0. The van der Waals surface area contributed by atoms with Gasteiger partial charge in [-0.15, -0.1) is 0 Å². The number of unbranched alkanes of at least 4 members (excludes halogenated alkanes) is 1. The molecule has 0 fully saturated rings. The van der Waals surface area contributed by atoms with Crippen LogP contribution in [0.4, 0.5) is 0 Å². The quantitative estimate of drug-likeness (QED) is 0.739. The summed E-state index contributed by atoms with van der Waals surface area (Å²) in [4.78, 5) is 10.5. The summed E-state index contributed by atoms with van der Waals surface area (Å²) in [5, 5.41) is 2.56. The Hall–Kier alpha value is -0.570. The first-order valence-corrected chi connectivity index (χ1v) is 5.43. The number of rotatable bonds is 3. The van der Waals surface area contributed by atoms with Gasteiger partial charge in [-0.1, -0.05) is 47.5 Å². The second kappa shape index (κ2) is 29.4. The fourth-order valence-corrected chi connectivity index (χ4v) is 0.462. The Morgan fingerprint density at radius 2 is 1.57 bits per heavy atom. The van der Waals surface area contributed by atoms with Gasteiger partial charge in [0.05, 0.1) is 0 Å². The van der Waals surface area contributed by atoms with E-state index in [-0.39, 0.29) is 14.9 Å². The average molecular weight is 210 g/mol. The molecule has 0 bridgehead atoms. The van der Waals surface area contributed by atoms with Crippen molar-refractivity contribution < 1.29 is 7.65 Å². The van der Waals surface area contributed by atoms with Crippen LogP contribution >= 0.6 is 0 Å². The molecule has 94 valence electrons. The zero-order valence-electron chi connectivity index (χ0n) is 10.9. The molecule has 0 unspecified atom stereocenters. The van der Waals surface area contributed by atoms with E-state index >= 15 is 0 Å². The van der Waals surface area contributed by atoms with E-state index in [9.17, 15) is 4.79 Å². The second-order valence-corrected chi connectivity index (χ2v) is 2.48. The smallest absolute Gasteiger partial charge is 0.219 e. The second-order valence-electron chi connectivity index (χ2n) is 2.48. The SMILES string of the molecule is CC.CCC.CCCCC(=O)NC.N.[HH].[HH]. The molecular weight excluding hydrogens is 176 g/mol. The standard InChI is InChI=1S/C6H13NO.C3H8.C2H6.H3N.2H2/c1-3-4-5-6(8)7-2;1-3-2;1-2;;;/h3-5H2,1-2H3,(H,7,8);3H2,1-2H3;1-2H3;1H3;2*1H. The summed E-state index contributed by atoms with van der Waals surface area (Å²) in [7, 11) is 1.66. The third-order valence-corrected chi connectivity index (χ3v) is 1.04. The van der Waals surface area contributed by atoms with Crippen LogP contribution in [-0.4, -0.2) is 13.0 Å². The minimum atomic E-state index is 0. The number of hydrogen-bond donors (Lipinski definition) is 2. The van der Waals surface area contributed by atoms with Crippen molar-refractivity contribution in [1.82, 2.24) is 11.5 Å². The maximum Gasteiger partial charge on any atom is 0.219 e. The van der Waals surface area contributed by atoms with Gasteiger partial charge in [-0.05, 0) is 6.42 Å². The van der Waals surface area contributed by atoms with Crippen LogP contribution in [0.2, 0.25) is 0 Å². The third kappa shape index (κ3) is 42.2. The Balaban J connectivity index is -0.0000000275. The van der Waals surface area contributed by atoms with Crippen molar-refractivity contribution in [2.75, 3.05) is 7.05 Å². The van der Waals surface area contributed by atoms with E-state index in [0.29, 0.717) is 6.42 Å². The van der Waals surface area contributed by atoms with Crippen LogP contribution in [-0.2, 0) is 4.79 Å². The normalized spacial score (nSPS) is 6.71. The summed E-state index contributed by atoms with van der Waals surface area (Å²) < 4.78 is 0. The average Bonchev–Trinajstić information content (AvgIpc) is 2.18. The molecule has 1 amide bonds. The van der Waals surface area contributed by atoms with Crippen LogP contribution in [0, 0.1) is 0 Å². The lowest BCUT2D eigenvalue weighted by atomic mass is 10.2. The first-order chi connectivity index (χ1) is 6.22. The van der Waals surface area contributed by atoms with Crippen molar-refractivity contribution in [3.05, 3.63) is 0 Å². The monoisotopic (exact) mass is 210 g/mol. The Morgan fingerprint density at radius 3 is 1.79 bits per heavy atom. The molecule has 14 heavy (non-hydrogen) atoms. The van der Waals surface area contributed by atoms with Gasteiger partial charge in [-0.25, -0.2) is 0 Å². The molecule has 0 aromatic rings. The molecule has 4 N–H and O–H groups in total. The molecule has 0 aliphatic rings. The van der Waals surface area contributed by atoms with Gasteiger partial charge in [-0.2, -0.15) is 0 Å². The van der Waals surface area contributed by atoms with E-state index in [1.54, 1.807) is 7.05 Å². The highest BCUT2D eigenvalue weighted by atomic mass is 16.1. The highest BCUT2D eigenvalue weighted by Crippen LogP contribution is 1.91. The van der Waals surface area contributed by atoms with Gasteiger partial charge in [0.2, 0.25) is 5.91 Å². The summed E-state index contributed by atoms with van der Waals surface area (Å²) in [6, 6.07) is 0. The summed E-state index contributed by atoms with van der Waals surface area (Å²) >= 11 is 0. The van der Waals surface area contributed by atoms with Gasteiger partial charge in [0.25, 0.3) is 0 Å². The molecule has 0 rings (SSSR count). The van der Waals surface area contributed by atoms with E-state index in [0.717, 1.165) is 12.8 Å². The molecule has 0 aromatic carbocycles. The number of carbonyl (C=O) groups excluding carboxylic acids is 1. The molecule has 0 aliphatic carbocycles. The van der Waals surface area contributed by atoms with Crippen LogP contribution in [0.1, 0.15) is 63.2 Å². The van der Waals surface area contributed by atoms with Gasteiger partial charge in [0.15, 0.2) is 0 Å². The predicted octanol–water partition coefficient (Wildman–Crippen LogP) is 4.02. The van der Waals surface area contributed by atoms with Crippen LogP contribution in [0.3, 0.4) is 0 Å². The summed E-state index contributed by atoms with van der Waals surface area (Å²) in [6.45, 7) is 10.3. The Morgan fingerprint density at radius 1 is 1.21 bits per heavy atom. The maximum absolute atomic E-state index is 10.5. The molecule has 0 saturated heterocycles. The highest BCUT2D eigenvalue weighted by Gasteiger charge is 1.92. The third-order valence-electron chi connectivity index (χ3n) is 1.04. The predicted molar refractivity (Wildman–Crippen MR) is 70.2 cm³/mol. The summed E-state index contributed by atoms with van der Waals surface area (Å²) in [5.74, 6) is 0.145. The van der Waals surface area contributed by atoms with Gasteiger partial charge < -0.3 is 11.5 Å². The van der Waals surface area contributed by atoms with Crippen LogP contribution in [0.5, 0.6) is 0 Å². The van der Waals surface area contributed by atoms with Crippen molar-refractivity contribution in [2.24, 2.45) is 0 Å². The maximum atomic E-state index is 10.5. The minimum Gasteiger partial charge on any atom is -0.359 e. The Bertz CT molecular complexity index is 94.1. The zero-order valence-corrected chi connectivity index (χ0v) is 10.9. The van der Waals surface area contributed by atoms with Crippen LogP contribution < -0.4 is 11.5 Å². The molecule has 0 radical (unpaired) electrons. The molecule has 3 heteroatoms. The lowest BCUT2D eigenvalue weighted by Crippen LogP contribution is -2.16. The lowest BCUT2D eigenvalue weighted by Gasteiger charge is -1.94. The molecule has 0 heterocycles. The van der Waals surface area contributed by atoms with Gasteiger partial charge >= 0.3 is 0 Å². The molecular formula is C11H34N2O. The van der Waals surface area contributed by atoms with Crippen molar-refractivity contribution in [3.63, 3.8) is 0 Å². The van der Waals surface area contributed by atoms with Gasteiger partial charge in [-0.3, -0.25) is 4.79 Å². The molecule has 3 nitrogen and oxygen atoms in total. The first kappa shape index (κ1) is 23.3. The lowest BCUT2D eigenvalue weighted by molar-refractivity contribution is -0.120. The topological polar surface area (TPSA) is 64.1 Å². The minimum absolute atomic E-state index is 0. The van der Waals surface area contributed by atoms with Crippen LogP contribution in [0.15, 0.2) is 0 Å². The highest BCUT2D eigenvalue weighted by molar-refractivity contribution is 5.75. The van der Waals surface area contributed by atoms with Crippen molar-refractivity contribution >= 4 is 5.91 Å². The number of amides is 1. The zero-order chi connectivity index (χ0) is 11.1. The summed E-state index contributed by atoms with van der Waals surface area (Å²) in [6.07, 6.45) is 4.01. The molecule has 0 spiro atoms.